The van der Waals surface area contributed by atoms with Gasteiger partial charge >= 0.3 is 6.03 Å². The van der Waals surface area contributed by atoms with E-state index in [0.717, 1.165) is 24.2 Å². The van der Waals surface area contributed by atoms with Gasteiger partial charge in [0.25, 0.3) is 0 Å². The first-order valence-electron chi connectivity index (χ1n) is 8.65. The van der Waals surface area contributed by atoms with E-state index in [1.165, 1.54) is 19.3 Å². The molecule has 1 aromatic carbocycles. The monoisotopic (exact) mass is 331 g/mol. The van der Waals surface area contributed by atoms with Crippen LogP contribution in [0.5, 0.6) is 5.75 Å². The molecule has 1 aliphatic heterocycles. The molecule has 1 saturated carbocycles. The fourth-order valence-electron chi connectivity index (χ4n) is 3.51. The summed E-state index contributed by atoms with van der Waals surface area (Å²) in [5.41, 5.74) is 0.969. The van der Waals surface area contributed by atoms with E-state index in [2.05, 4.69) is 10.6 Å². The molecule has 1 heterocycles. The summed E-state index contributed by atoms with van der Waals surface area (Å²) < 4.78 is 5.18. The highest BCUT2D eigenvalue weighted by Gasteiger charge is 2.37. The van der Waals surface area contributed by atoms with Crippen LogP contribution in [0.4, 0.5) is 4.79 Å². The maximum atomic E-state index is 12.4. The second-order valence-electron chi connectivity index (χ2n) is 6.52. The molecule has 1 unspecified atom stereocenters. The van der Waals surface area contributed by atoms with Gasteiger partial charge in [-0.25, -0.2) is 4.79 Å². The molecule has 6 nitrogen and oxygen atoms in total. The Bertz CT molecular complexity index is 599. The van der Waals surface area contributed by atoms with Crippen LogP contribution in [0.1, 0.15) is 37.7 Å². The van der Waals surface area contributed by atoms with Gasteiger partial charge in [0, 0.05) is 12.6 Å². The minimum atomic E-state index is -0.468. The molecular formula is C18H25N3O3. The zero-order chi connectivity index (χ0) is 16.9. The van der Waals surface area contributed by atoms with Crippen molar-refractivity contribution in [1.82, 2.24) is 15.5 Å². The number of hydrogen-bond donors (Lipinski definition) is 2. The Morgan fingerprint density at radius 3 is 2.88 bits per heavy atom. The highest BCUT2D eigenvalue weighted by Crippen LogP contribution is 2.24. The van der Waals surface area contributed by atoms with Crippen molar-refractivity contribution in [3.8, 4) is 5.75 Å². The molecule has 1 aliphatic carbocycles. The molecule has 0 spiro atoms. The molecule has 6 heteroatoms. The topological polar surface area (TPSA) is 70.7 Å². The van der Waals surface area contributed by atoms with Crippen LogP contribution < -0.4 is 15.4 Å². The van der Waals surface area contributed by atoms with E-state index in [1.54, 1.807) is 7.11 Å². The van der Waals surface area contributed by atoms with Crippen molar-refractivity contribution < 1.29 is 14.3 Å². The van der Waals surface area contributed by atoms with Crippen LogP contribution in [0.3, 0.4) is 0 Å². The molecule has 3 amide bonds. The number of urea groups is 1. The summed E-state index contributed by atoms with van der Waals surface area (Å²) in [6, 6.07) is 7.29. The minimum Gasteiger partial charge on any atom is -0.497 e. The van der Waals surface area contributed by atoms with E-state index < -0.39 is 6.04 Å². The lowest BCUT2D eigenvalue weighted by molar-refractivity contribution is -0.122. The van der Waals surface area contributed by atoms with Crippen LogP contribution in [0, 0.1) is 0 Å². The third-order valence-corrected chi connectivity index (χ3v) is 4.87. The fourth-order valence-corrected chi connectivity index (χ4v) is 3.51. The van der Waals surface area contributed by atoms with Gasteiger partial charge in [-0.15, -0.1) is 0 Å². The smallest absolute Gasteiger partial charge is 0.318 e. The second kappa shape index (κ2) is 7.55. The molecule has 2 fully saturated rings. The number of hydrogen-bond acceptors (Lipinski definition) is 3. The van der Waals surface area contributed by atoms with Gasteiger partial charge in [0.15, 0.2) is 0 Å². The van der Waals surface area contributed by atoms with Gasteiger partial charge in [0.1, 0.15) is 11.8 Å². The molecule has 0 aromatic heterocycles. The van der Waals surface area contributed by atoms with Crippen molar-refractivity contribution in [1.29, 1.82) is 0 Å². The maximum Gasteiger partial charge on any atom is 0.318 e. The standard InChI is InChI=1S/C18H25N3O3/c1-24-15-9-5-6-13(10-15)11-19-17(22)16-12-21(18(23)20-16)14-7-3-2-4-8-14/h5-6,9-10,14,16H,2-4,7-8,11-12H2,1H3,(H,19,22)(H,20,23). The first-order chi connectivity index (χ1) is 11.7. The predicted octanol–water partition coefficient (Wildman–Crippen LogP) is 2.04. The van der Waals surface area contributed by atoms with E-state index in [9.17, 15) is 9.59 Å². The average Bonchev–Trinajstić information content (AvgIpc) is 3.02. The van der Waals surface area contributed by atoms with Gasteiger partial charge in [-0.05, 0) is 30.5 Å². The van der Waals surface area contributed by atoms with Crippen LogP contribution in [0.2, 0.25) is 0 Å². The number of amides is 3. The summed E-state index contributed by atoms with van der Waals surface area (Å²) >= 11 is 0. The first-order valence-corrected chi connectivity index (χ1v) is 8.65. The van der Waals surface area contributed by atoms with Crippen LogP contribution >= 0.6 is 0 Å². The summed E-state index contributed by atoms with van der Waals surface area (Å²) in [5.74, 6) is 0.629. The lowest BCUT2D eigenvalue weighted by Gasteiger charge is -2.30. The average molecular weight is 331 g/mol. The van der Waals surface area contributed by atoms with Crippen LogP contribution in [0.25, 0.3) is 0 Å². The lowest BCUT2D eigenvalue weighted by atomic mass is 9.94. The Kier molecular flexibility index (Phi) is 5.23. The predicted molar refractivity (Wildman–Crippen MR) is 90.7 cm³/mol. The number of nitrogens with one attached hydrogen (secondary N) is 2. The second-order valence-corrected chi connectivity index (χ2v) is 6.52. The van der Waals surface area contributed by atoms with Crippen molar-refractivity contribution in [2.75, 3.05) is 13.7 Å². The Balaban J connectivity index is 1.52. The molecule has 2 N–H and O–H groups in total. The lowest BCUT2D eigenvalue weighted by Crippen LogP contribution is -2.42. The van der Waals surface area contributed by atoms with Crippen LogP contribution in [0.15, 0.2) is 24.3 Å². The molecule has 1 aromatic rings. The largest absolute Gasteiger partial charge is 0.497 e. The number of carbonyl (C=O) groups is 2. The number of rotatable bonds is 5. The zero-order valence-corrected chi connectivity index (χ0v) is 14.1. The van der Waals surface area contributed by atoms with Crippen molar-refractivity contribution in [2.45, 2.75) is 50.7 Å². The van der Waals surface area contributed by atoms with Gasteiger partial charge in [0.05, 0.1) is 13.7 Å². The van der Waals surface area contributed by atoms with E-state index in [1.807, 2.05) is 29.2 Å². The number of methoxy groups -OCH3 is 1. The normalized spacial score (nSPS) is 21.5. The fraction of sp³-hybridized carbons (Fsp3) is 0.556. The van der Waals surface area contributed by atoms with Crippen molar-refractivity contribution in [2.24, 2.45) is 0 Å². The summed E-state index contributed by atoms with van der Waals surface area (Å²) in [7, 11) is 1.62. The molecule has 0 radical (unpaired) electrons. The van der Waals surface area contributed by atoms with E-state index >= 15 is 0 Å². The minimum absolute atomic E-state index is 0.108. The molecule has 130 valence electrons. The molecule has 1 atom stereocenters. The third kappa shape index (κ3) is 3.80. The molecule has 0 bridgehead atoms. The molecule has 24 heavy (non-hydrogen) atoms. The zero-order valence-electron chi connectivity index (χ0n) is 14.1. The van der Waals surface area contributed by atoms with Crippen molar-refractivity contribution in [3.63, 3.8) is 0 Å². The van der Waals surface area contributed by atoms with E-state index in [-0.39, 0.29) is 18.0 Å². The Hall–Kier alpha value is -2.24. The van der Waals surface area contributed by atoms with Gasteiger partial charge in [-0.3, -0.25) is 4.79 Å². The number of carbonyl (C=O) groups excluding carboxylic acids is 2. The Morgan fingerprint density at radius 2 is 2.12 bits per heavy atom. The van der Waals surface area contributed by atoms with Gasteiger partial charge in [-0.2, -0.15) is 0 Å². The van der Waals surface area contributed by atoms with Crippen molar-refractivity contribution in [3.05, 3.63) is 29.8 Å². The number of benzene rings is 1. The Morgan fingerprint density at radius 1 is 1.33 bits per heavy atom. The van der Waals surface area contributed by atoms with Gasteiger partial charge in [0.2, 0.25) is 5.91 Å². The highest BCUT2D eigenvalue weighted by molar-refractivity contribution is 5.90. The SMILES string of the molecule is COc1cccc(CNC(=O)C2CN(C3CCCCC3)C(=O)N2)c1. The number of nitrogens with zero attached hydrogens (tertiary/aromatic N) is 1. The van der Waals surface area contributed by atoms with Crippen LogP contribution in [-0.4, -0.2) is 42.6 Å². The molecule has 3 rings (SSSR count). The summed E-state index contributed by atoms with van der Waals surface area (Å²) in [5, 5.41) is 5.71. The van der Waals surface area contributed by atoms with Crippen molar-refractivity contribution >= 4 is 11.9 Å². The third-order valence-electron chi connectivity index (χ3n) is 4.87. The van der Waals surface area contributed by atoms with Gasteiger partial charge < -0.3 is 20.3 Å². The molecular weight excluding hydrogens is 306 g/mol. The molecule has 2 aliphatic rings. The summed E-state index contributed by atoms with van der Waals surface area (Å²) in [4.78, 5) is 26.4. The van der Waals surface area contributed by atoms with E-state index in [0.29, 0.717) is 13.1 Å². The number of ether oxygens (including phenoxy) is 1. The maximum absolute atomic E-state index is 12.4. The molecule has 1 saturated heterocycles. The van der Waals surface area contributed by atoms with Gasteiger partial charge in [-0.1, -0.05) is 31.4 Å². The quantitative estimate of drug-likeness (QED) is 0.867. The van der Waals surface area contributed by atoms with E-state index in [4.69, 9.17) is 4.74 Å². The summed E-state index contributed by atoms with van der Waals surface area (Å²) in [6.07, 6.45) is 5.68. The summed E-state index contributed by atoms with van der Waals surface area (Å²) in [6.45, 7) is 0.888. The Labute approximate surface area is 142 Å². The van der Waals surface area contributed by atoms with Crippen LogP contribution in [-0.2, 0) is 11.3 Å². The first kappa shape index (κ1) is 16.6. The highest BCUT2D eigenvalue weighted by atomic mass is 16.5.